The summed E-state index contributed by atoms with van der Waals surface area (Å²) >= 11 is 0. The van der Waals surface area contributed by atoms with Gasteiger partial charge in [0.05, 0.1) is 0 Å². The van der Waals surface area contributed by atoms with Crippen molar-refractivity contribution in [3.8, 4) is 0 Å². The Hall–Kier alpha value is -2.34. The molecule has 0 amide bonds. The molecule has 162 valence electrons. The topological polar surface area (TPSA) is 47.5 Å². The van der Waals surface area contributed by atoms with Crippen LogP contribution in [0.4, 0.5) is 17.5 Å². The highest BCUT2D eigenvalue weighted by Gasteiger charge is 2.13. The normalized spacial score (nSPS) is 17.4. The Balaban J connectivity index is 1.22. The number of nitrogens with zero attached hydrogens (tertiary/aromatic N) is 5. The maximum atomic E-state index is 4.75. The van der Waals surface area contributed by atoms with E-state index < -0.39 is 0 Å². The molecular formula is C24H36N6. The van der Waals surface area contributed by atoms with Crippen molar-refractivity contribution in [3.63, 3.8) is 0 Å². The average molecular weight is 409 g/mol. The summed E-state index contributed by atoms with van der Waals surface area (Å²) < 4.78 is 0. The number of aromatic nitrogens is 2. The van der Waals surface area contributed by atoms with Gasteiger partial charge in [-0.05, 0) is 56.5 Å². The smallest absolute Gasteiger partial charge is 0.224 e. The Morgan fingerprint density at radius 3 is 2.27 bits per heavy atom. The SMILES string of the molecule is CN(CCNc1nccc(N2CCCCCC2)n1)Cc1ccc(N2CCCC2)cc1. The second kappa shape index (κ2) is 10.6. The number of benzene rings is 1. The Morgan fingerprint density at radius 1 is 0.867 bits per heavy atom. The molecule has 1 N–H and O–H groups in total. The summed E-state index contributed by atoms with van der Waals surface area (Å²) in [6, 6.07) is 11.1. The largest absolute Gasteiger partial charge is 0.372 e. The summed E-state index contributed by atoms with van der Waals surface area (Å²) in [5, 5.41) is 3.41. The number of hydrogen-bond donors (Lipinski definition) is 1. The lowest BCUT2D eigenvalue weighted by Gasteiger charge is -2.22. The fourth-order valence-corrected chi connectivity index (χ4v) is 4.45. The second-order valence-corrected chi connectivity index (χ2v) is 8.66. The zero-order valence-corrected chi connectivity index (χ0v) is 18.4. The number of nitrogens with one attached hydrogen (secondary N) is 1. The molecule has 0 bridgehead atoms. The second-order valence-electron chi connectivity index (χ2n) is 8.66. The van der Waals surface area contributed by atoms with E-state index in [0.29, 0.717) is 0 Å². The molecule has 0 saturated carbocycles. The number of hydrogen-bond acceptors (Lipinski definition) is 6. The summed E-state index contributed by atoms with van der Waals surface area (Å²) in [5.74, 6) is 1.79. The van der Waals surface area contributed by atoms with E-state index >= 15 is 0 Å². The molecule has 6 heteroatoms. The minimum Gasteiger partial charge on any atom is -0.372 e. The predicted molar refractivity (Wildman–Crippen MR) is 125 cm³/mol. The van der Waals surface area contributed by atoms with Crippen LogP contribution in [0.2, 0.25) is 0 Å². The molecule has 0 radical (unpaired) electrons. The van der Waals surface area contributed by atoms with Crippen LogP contribution in [0.3, 0.4) is 0 Å². The fourth-order valence-electron chi connectivity index (χ4n) is 4.45. The van der Waals surface area contributed by atoms with Gasteiger partial charge in [-0.1, -0.05) is 25.0 Å². The molecule has 2 aliphatic heterocycles. The van der Waals surface area contributed by atoms with Crippen molar-refractivity contribution in [2.45, 2.75) is 45.1 Å². The van der Waals surface area contributed by atoms with Crippen molar-refractivity contribution in [2.24, 2.45) is 0 Å². The van der Waals surface area contributed by atoms with Gasteiger partial charge in [-0.3, -0.25) is 0 Å². The van der Waals surface area contributed by atoms with Crippen LogP contribution in [-0.4, -0.2) is 61.2 Å². The van der Waals surface area contributed by atoms with Gasteiger partial charge in [0.1, 0.15) is 5.82 Å². The molecule has 0 unspecified atom stereocenters. The molecule has 1 aromatic heterocycles. The van der Waals surface area contributed by atoms with E-state index in [9.17, 15) is 0 Å². The van der Waals surface area contributed by atoms with E-state index in [0.717, 1.165) is 44.5 Å². The molecular weight excluding hydrogens is 372 g/mol. The molecule has 2 fully saturated rings. The Labute approximate surface area is 181 Å². The van der Waals surface area contributed by atoms with Crippen LogP contribution in [0.5, 0.6) is 0 Å². The molecule has 2 saturated heterocycles. The van der Waals surface area contributed by atoms with Crippen LogP contribution in [0, 0.1) is 0 Å². The van der Waals surface area contributed by atoms with Crippen molar-refractivity contribution < 1.29 is 0 Å². The van der Waals surface area contributed by atoms with E-state index in [1.807, 2.05) is 12.3 Å². The van der Waals surface area contributed by atoms with Gasteiger partial charge in [0.25, 0.3) is 0 Å². The highest BCUT2D eigenvalue weighted by Crippen LogP contribution is 2.21. The summed E-state index contributed by atoms with van der Waals surface area (Å²) in [6.07, 6.45) is 9.71. The third-order valence-electron chi connectivity index (χ3n) is 6.21. The van der Waals surface area contributed by atoms with Crippen molar-refractivity contribution >= 4 is 17.5 Å². The van der Waals surface area contributed by atoms with Crippen LogP contribution < -0.4 is 15.1 Å². The van der Waals surface area contributed by atoms with Gasteiger partial charge in [0.2, 0.25) is 5.95 Å². The van der Waals surface area contributed by atoms with E-state index in [4.69, 9.17) is 4.98 Å². The van der Waals surface area contributed by atoms with Gasteiger partial charge in [-0.2, -0.15) is 4.98 Å². The molecule has 0 atom stereocenters. The third-order valence-corrected chi connectivity index (χ3v) is 6.21. The van der Waals surface area contributed by atoms with Crippen LogP contribution in [-0.2, 0) is 6.54 Å². The van der Waals surface area contributed by atoms with E-state index in [2.05, 4.69) is 56.3 Å². The van der Waals surface area contributed by atoms with Gasteiger partial charge in [-0.25, -0.2) is 4.98 Å². The quantitative estimate of drug-likeness (QED) is 0.712. The van der Waals surface area contributed by atoms with Crippen molar-refractivity contribution in [3.05, 3.63) is 42.1 Å². The molecule has 2 aromatic rings. The monoisotopic (exact) mass is 408 g/mol. The fraction of sp³-hybridized carbons (Fsp3) is 0.583. The highest BCUT2D eigenvalue weighted by atomic mass is 15.2. The van der Waals surface area contributed by atoms with Gasteiger partial charge in [0, 0.05) is 57.7 Å². The highest BCUT2D eigenvalue weighted by molar-refractivity contribution is 5.48. The lowest BCUT2D eigenvalue weighted by molar-refractivity contribution is 0.340. The first-order chi connectivity index (χ1) is 14.8. The van der Waals surface area contributed by atoms with Gasteiger partial charge < -0.3 is 20.0 Å². The minimum absolute atomic E-state index is 0.736. The molecule has 6 nitrogen and oxygen atoms in total. The Morgan fingerprint density at radius 2 is 1.53 bits per heavy atom. The van der Waals surface area contributed by atoms with Crippen molar-refractivity contribution in [1.82, 2.24) is 14.9 Å². The summed E-state index contributed by atoms with van der Waals surface area (Å²) in [4.78, 5) is 16.4. The lowest BCUT2D eigenvalue weighted by atomic mass is 10.2. The molecule has 2 aliphatic rings. The van der Waals surface area contributed by atoms with Gasteiger partial charge in [-0.15, -0.1) is 0 Å². The maximum absolute atomic E-state index is 4.75. The minimum atomic E-state index is 0.736. The molecule has 0 aliphatic carbocycles. The van der Waals surface area contributed by atoms with Gasteiger partial charge in [0.15, 0.2) is 0 Å². The van der Waals surface area contributed by atoms with Gasteiger partial charge >= 0.3 is 0 Å². The van der Waals surface area contributed by atoms with Crippen LogP contribution in [0.1, 0.15) is 44.1 Å². The van der Waals surface area contributed by atoms with E-state index in [1.54, 1.807) is 0 Å². The number of likely N-dealkylation sites (N-methyl/N-ethyl adjacent to an activating group) is 1. The van der Waals surface area contributed by atoms with Crippen LogP contribution >= 0.6 is 0 Å². The first-order valence-corrected chi connectivity index (χ1v) is 11.6. The van der Waals surface area contributed by atoms with Crippen molar-refractivity contribution in [1.29, 1.82) is 0 Å². The Kier molecular flexibility index (Phi) is 7.40. The Bertz CT molecular complexity index is 764. The number of rotatable bonds is 8. The third kappa shape index (κ3) is 5.85. The first-order valence-electron chi connectivity index (χ1n) is 11.6. The van der Waals surface area contributed by atoms with Crippen LogP contribution in [0.25, 0.3) is 0 Å². The summed E-state index contributed by atoms with van der Waals surface area (Å²) in [5.41, 5.74) is 2.72. The maximum Gasteiger partial charge on any atom is 0.224 e. The zero-order chi connectivity index (χ0) is 20.6. The average Bonchev–Trinajstić information content (AvgIpc) is 3.17. The standard InChI is InChI=1S/C24H36N6/c1-28(20-21-8-10-22(11-9-21)29-15-6-7-16-29)19-14-26-24-25-13-12-23(27-24)30-17-4-2-3-5-18-30/h8-13H,2-7,14-20H2,1H3,(H,25,26,27). The molecule has 3 heterocycles. The lowest BCUT2D eigenvalue weighted by Crippen LogP contribution is -2.27. The van der Waals surface area contributed by atoms with E-state index in [1.165, 1.54) is 62.9 Å². The summed E-state index contributed by atoms with van der Waals surface area (Å²) in [7, 11) is 2.17. The predicted octanol–water partition coefficient (Wildman–Crippen LogP) is 4.00. The molecule has 1 aromatic carbocycles. The zero-order valence-electron chi connectivity index (χ0n) is 18.4. The van der Waals surface area contributed by atoms with E-state index in [-0.39, 0.29) is 0 Å². The summed E-state index contributed by atoms with van der Waals surface area (Å²) in [6.45, 7) is 7.36. The van der Waals surface area contributed by atoms with Crippen molar-refractivity contribution in [2.75, 3.05) is 61.4 Å². The van der Waals surface area contributed by atoms with Crippen LogP contribution in [0.15, 0.2) is 36.5 Å². The molecule has 4 rings (SSSR count). The first kappa shape index (κ1) is 20.9. The molecule has 30 heavy (non-hydrogen) atoms. The molecule has 0 spiro atoms. The number of anilines is 3.